The summed E-state index contributed by atoms with van der Waals surface area (Å²) in [6.45, 7) is 0. The summed E-state index contributed by atoms with van der Waals surface area (Å²) in [7, 11) is 0. The number of benzene rings is 3. The number of halogens is 2. The Morgan fingerprint density at radius 3 is 1.93 bits per heavy atom. The second-order valence-electron chi connectivity index (χ2n) is 5.57. The maximum absolute atomic E-state index is 12.7. The van der Waals surface area contributed by atoms with Crippen LogP contribution in [-0.4, -0.2) is 16.9 Å². The van der Waals surface area contributed by atoms with Gasteiger partial charge >= 0.3 is 0 Å². The van der Waals surface area contributed by atoms with Gasteiger partial charge in [-0.15, -0.1) is 0 Å². The summed E-state index contributed by atoms with van der Waals surface area (Å²) in [6, 6.07) is 17.5. The molecule has 7 heteroatoms. The third-order valence-electron chi connectivity index (χ3n) is 3.77. The standard InChI is InChI=1S/C20H14Cl2N2O3/c21-14-8-5-9-15(22)18(14)24-19(26)12-6-1-3-10-16(12)23-20(27)13-7-2-4-11-17(13)25/h1-11,25H,(H,23,27)(H,24,26). The Bertz CT molecular complexity index is 1000. The number of amides is 2. The van der Waals surface area contributed by atoms with Crippen LogP contribution in [0.1, 0.15) is 20.7 Å². The van der Waals surface area contributed by atoms with E-state index in [9.17, 15) is 14.7 Å². The monoisotopic (exact) mass is 400 g/mol. The van der Waals surface area contributed by atoms with Crippen molar-refractivity contribution in [2.75, 3.05) is 10.6 Å². The number of hydrogen-bond acceptors (Lipinski definition) is 3. The van der Waals surface area contributed by atoms with Gasteiger partial charge in [-0.3, -0.25) is 9.59 Å². The molecule has 0 spiro atoms. The zero-order valence-corrected chi connectivity index (χ0v) is 15.4. The minimum Gasteiger partial charge on any atom is -0.507 e. The molecular weight excluding hydrogens is 387 g/mol. The fourth-order valence-corrected chi connectivity index (χ4v) is 2.94. The van der Waals surface area contributed by atoms with Gasteiger partial charge in [0.1, 0.15) is 5.75 Å². The van der Waals surface area contributed by atoms with Gasteiger partial charge < -0.3 is 15.7 Å². The van der Waals surface area contributed by atoms with Crippen LogP contribution < -0.4 is 10.6 Å². The van der Waals surface area contributed by atoms with E-state index in [4.69, 9.17) is 23.2 Å². The molecule has 0 aliphatic carbocycles. The Labute approximate surface area is 165 Å². The van der Waals surface area contributed by atoms with Gasteiger partial charge in [0.05, 0.1) is 32.5 Å². The molecule has 0 radical (unpaired) electrons. The average Bonchev–Trinajstić information content (AvgIpc) is 2.65. The van der Waals surface area contributed by atoms with Crippen LogP contribution in [0, 0.1) is 0 Å². The first-order valence-corrected chi connectivity index (χ1v) is 8.66. The highest BCUT2D eigenvalue weighted by molar-refractivity contribution is 6.40. The van der Waals surface area contributed by atoms with Crippen LogP contribution in [0.5, 0.6) is 5.75 Å². The van der Waals surface area contributed by atoms with Gasteiger partial charge in [-0.2, -0.15) is 0 Å². The van der Waals surface area contributed by atoms with Crippen molar-refractivity contribution in [3.05, 3.63) is 87.9 Å². The van der Waals surface area contributed by atoms with Crippen LogP contribution in [0.25, 0.3) is 0 Å². The molecule has 3 aromatic carbocycles. The lowest BCUT2D eigenvalue weighted by atomic mass is 10.1. The lowest BCUT2D eigenvalue weighted by molar-refractivity contribution is 0.102. The van der Waals surface area contributed by atoms with Crippen molar-refractivity contribution in [1.29, 1.82) is 0 Å². The highest BCUT2D eigenvalue weighted by atomic mass is 35.5. The lowest BCUT2D eigenvalue weighted by Gasteiger charge is -2.13. The quantitative estimate of drug-likeness (QED) is 0.562. The van der Waals surface area contributed by atoms with E-state index in [2.05, 4.69) is 10.6 Å². The smallest absolute Gasteiger partial charge is 0.259 e. The summed E-state index contributed by atoms with van der Waals surface area (Å²) < 4.78 is 0. The lowest BCUT2D eigenvalue weighted by Crippen LogP contribution is -2.18. The number of aromatic hydroxyl groups is 1. The van der Waals surface area contributed by atoms with Crippen molar-refractivity contribution in [1.82, 2.24) is 0 Å². The van der Waals surface area contributed by atoms with Crippen LogP contribution in [0.15, 0.2) is 66.7 Å². The Balaban J connectivity index is 1.87. The molecule has 0 heterocycles. The summed E-state index contributed by atoms with van der Waals surface area (Å²) >= 11 is 12.2. The molecule has 0 fully saturated rings. The van der Waals surface area contributed by atoms with Crippen molar-refractivity contribution in [2.45, 2.75) is 0 Å². The SMILES string of the molecule is O=C(Nc1ccccc1C(=O)Nc1c(Cl)cccc1Cl)c1ccccc1O. The van der Waals surface area contributed by atoms with E-state index in [0.29, 0.717) is 10.0 Å². The minimum atomic E-state index is -0.538. The van der Waals surface area contributed by atoms with E-state index in [1.54, 1.807) is 54.6 Å². The fraction of sp³-hybridized carbons (Fsp3) is 0. The predicted octanol–water partition coefficient (Wildman–Crippen LogP) is 5.20. The van der Waals surface area contributed by atoms with Crippen molar-refractivity contribution >= 4 is 46.4 Å². The summed E-state index contributed by atoms with van der Waals surface area (Å²) in [5, 5.41) is 15.7. The van der Waals surface area contributed by atoms with Crippen LogP contribution in [0.3, 0.4) is 0 Å². The summed E-state index contributed by atoms with van der Waals surface area (Å²) in [5.74, 6) is -1.18. The molecule has 5 nitrogen and oxygen atoms in total. The largest absolute Gasteiger partial charge is 0.507 e. The van der Waals surface area contributed by atoms with Crippen LogP contribution in [0.2, 0.25) is 10.0 Å². The second kappa shape index (κ2) is 8.12. The maximum atomic E-state index is 12.7. The summed E-state index contributed by atoms with van der Waals surface area (Å²) in [5.41, 5.74) is 0.887. The first-order chi connectivity index (χ1) is 13.0. The van der Waals surface area contributed by atoms with Gasteiger partial charge in [0.2, 0.25) is 0 Å². The van der Waals surface area contributed by atoms with Gasteiger partial charge in [0, 0.05) is 0 Å². The fourth-order valence-electron chi connectivity index (χ4n) is 2.44. The number of hydrogen-bond donors (Lipinski definition) is 3. The number of rotatable bonds is 4. The van der Waals surface area contributed by atoms with E-state index in [1.165, 1.54) is 12.1 Å². The van der Waals surface area contributed by atoms with E-state index >= 15 is 0 Å². The topological polar surface area (TPSA) is 78.4 Å². The predicted molar refractivity (Wildman–Crippen MR) is 107 cm³/mol. The van der Waals surface area contributed by atoms with Crippen molar-refractivity contribution in [2.24, 2.45) is 0 Å². The van der Waals surface area contributed by atoms with E-state index in [1.807, 2.05) is 0 Å². The first-order valence-electron chi connectivity index (χ1n) is 7.91. The average molecular weight is 401 g/mol. The molecule has 3 N–H and O–H groups in total. The molecule has 0 aliphatic rings. The summed E-state index contributed by atoms with van der Waals surface area (Å²) in [4.78, 5) is 25.1. The van der Waals surface area contributed by atoms with E-state index < -0.39 is 11.8 Å². The maximum Gasteiger partial charge on any atom is 0.259 e. The van der Waals surface area contributed by atoms with Crippen molar-refractivity contribution in [3.63, 3.8) is 0 Å². The van der Waals surface area contributed by atoms with Gasteiger partial charge in [-0.25, -0.2) is 0 Å². The third kappa shape index (κ3) is 4.22. The van der Waals surface area contributed by atoms with Crippen LogP contribution in [-0.2, 0) is 0 Å². The molecule has 0 bridgehead atoms. The first kappa shape index (κ1) is 18.8. The highest BCUT2D eigenvalue weighted by Gasteiger charge is 2.17. The van der Waals surface area contributed by atoms with E-state index in [-0.39, 0.29) is 28.3 Å². The van der Waals surface area contributed by atoms with Crippen molar-refractivity contribution in [3.8, 4) is 5.75 Å². The van der Waals surface area contributed by atoms with Gasteiger partial charge in [-0.1, -0.05) is 53.5 Å². The minimum absolute atomic E-state index is 0.0989. The third-order valence-corrected chi connectivity index (χ3v) is 4.40. The number of carbonyl (C=O) groups excluding carboxylic acids is 2. The van der Waals surface area contributed by atoms with Gasteiger partial charge in [0.25, 0.3) is 11.8 Å². The van der Waals surface area contributed by atoms with Crippen LogP contribution >= 0.6 is 23.2 Å². The molecule has 0 aromatic heterocycles. The molecule has 27 heavy (non-hydrogen) atoms. The second-order valence-corrected chi connectivity index (χ2v) is 6.38. The molecule has 136 valence electrons. The molecule has 3 rings (SSSR count). The Morgan fingerprint density at radius 2 is 1.26 bits per heavy atom. The number of carbonyl (C=O) groups is 2. The molecule has 0 atom stereocenters. The zero-order chi connectivity index (χ0) is 19.4. The molecule has 0 saturated heterocycles. The highest BCUT2D eigenvalue weighted by Crippen LogP contribution is 2.31. The Morgan fingerprint density at radius 1 is 0.704 bits per heavy atom. The number of para-hydroxylation sites is 3. The number of phenols is 1. The molecule has 2 amide bonds. The molecule has 0 aliphatic heterocycles. The Hall–Kier alpha value is -3.02. The van der Waals surface area contributed by atoms with E-state index in [0.717, 1.165) is 0 Å². The normalized spacial score (nSPS) is 10.3. The molecule has 0 unspecified atom stereocenters. The summed E-state index contributed by atoms with van der Waals surface area (Å²) in [6.07, 6.45) is 0. The number of anilines is 2. The van der Waals surface area contributed by atoms with Gasteiger partial charge in [0.15, 0.2) is 0 Å². The zero-order valence-electron chi connectivity index (χ0n) is 13.9. The molecule has 0 saturated carbocycles. The van der Waals surface area contributed by atoms with Crippen molar-refractivity contribution < 1.29 is 14.7 Å². The Kier molecular flexibility index (Phi) is 5.64. The van der Waals surface area contributed by atoms with Crippen LogP contribution in [0.4, 0.5) is 11.4 Å². The van der Waals surface area contributed by atoms with Gasteiger partial charge in [-0.05, 0) is 36.4 Å². The molecule has 3 aromatic rings. The molecular formula is C20H14Cl2N2O3. The number of nitrogens with one attached hydrogen (secondary N) is 2. The number of phenolic OH excluding ortho intramolecular Hbond substituents is 1.